The Kier molecular flexibility index (Phi) is 9.83. The number of hydrogen-bond acceptors (Lipinski definition) is 6. The largest absolute Gasteiger partial charge is 0.480 e. The fourth-order valence-electron chi connectivity index (χ4n) is 3.31. The molecule has 0 aliphatic heterocycles. The molecule has 0 bridgehead atoms. The van der Waals surface area contributed by atoms with Crippen LogP contribution in [0.2, 0.25) is 0 Å². The summed E-state index contributed by atoms with van der Waals surface area (Å²) >= 11 is 0. The Labute approximate surface area is 191 Å². The minimum atomic E-state index is -1.19. The number of carboxylic acids is 1. The highest BCUT2D eigenvalue weighted by molar-refractivity contribution is 5.92. The number of aromatic amines is 1. The van der Waals surface area contributed by atoms with E-state index in [-0.39, 0.29) is 19.4 Å². The van der Waals surface area contributed by atoms with Crippen molar-refractivity contribution in [2.24, 2.45) is 11.5 Å². The predicted molar refractivity (Wildman–Crippen MR) is 123 cm³/mol. The quantitative estimate of drug-likeness (QED) is 0.193. The molecule has 2 aromatic rings. The number of fused-ring (bicyclic) bond motifs is 1. The number of aliphatic carboxylic acids is 1. The summed E-state index contributed by atoms with van der Waals surface area (Å²) < 4.78 is 0. The van der Waals surface area contributed by atoms with Crippen LogP contribution in [0.5, 0.6) is 0 Å². The summed E-state index contributed by atoms with van der Waals surface area (Å²) in [5, 5.41) is 17.3. The van der Waals surface area contributed by atoms with Crippen molar-refractivity contribution in [3.05, 3.63) is 36.0 Å². The first kappa shape index (κ1) is 25.8. The Morgan fingerprint density at radius 1 is 1.09 bits per heavy atom. The molecule has 11 nitrogen and oxygen atoms in total. The molecule has 2 rings (SSSR count). The van der Waals surface area contributed by atoms with Crippen LogP contribution >= 0.6 is 0 Å². The van der Waals surface area contributed by atoms with Crippen LogP contribution in [0.25, 0.3) is 10.9 Å². The standard InChI is InChI=1S/C22H32N6O5/c1-13(22(32)33)27-21(31)18(8-4-5-9-23)28-19(29)12-26-20(30)16(24)10-14-11-25-17-7-3-2-6-15(14)17/h2-3,6-7,11,13,16,18,25H,4-5,8-10,12,23-24H2,1H3,(H,26,30)(H,27,31)(H,28,29)(H,32,33). The van der Waals surface area contributed by atoms with Crippen LogP contribution in [-0.2, 0) is 25.6 Å². The minimum Gasteiger partial charge on any atom is -0.480 e. The molecule has 0 aliphatic rings. The molecule has 1 aromatic heterocycles. The molecule has 11 heteroatoms. The van der Waals surface area contributed by atoms with E-state index in [1.165, 1.54) is 6.92 Å². The summed E-state index contributed by atoms with van der Waals surface area (Å²) in [7, 11) is 0. The van der Waals surface area contributed by atoms with Crippen LogP contribution in [-0.4, -0.2) is 65.0 Å². The summed E-state index contributed by atoms with van der Waals surface area (Å²) in [6, 6.07) is 4.74. The number of carbonyl (C=O) groups is 4. The number of nitrogens with two attached hydrogens (primary N) is 2. The number of benzene rings is 1. The second kappa shape index (κ2) is 12.6. The van der Waals surface area contributed by atoms with Gasteiger partial charge in [-0.25, -0.2) is 0 Å². The smallest absolute Gasteiger partial charge is 0.325 e. The average Bonchev–Trinajstić information content (AvgIpc) is 3.19. The second-order valence-electron chi connectivity index (χ2n) is 7.86. The molecule has 9 N–H and O–H groups in total. The van der Waals surface area contributed by atoms with E-state index >= 15 is 0 Å². The van der Waals surface area contributed by atoms with Crippen LogP contribution < -0.4 is 27.4 Å². The summed E-state index contributed by atoms with van der Waals surface area (Å²) in [4.78, 5) is 51.2. The van der Waals surface area contributed by atoms with Crippen molar-refractivity contribution in [1.82, 2.24) is 20.9 Å². The van der Waals surface area contributed by atoms with Crippen LogP contribution in [0.15, 0.2) is 30.5 Å². The van der Waals surface area contributed by atoms with Gasteiger partial charge < -0.3 is 37.5 Å². The zero-order chi connectivity index (χ0) is 24.4. The molecule has 0 saturated carbocycles. The molecule has 0 aliphatic carbocycles. The topological polar surface area (TPSA) is 192 Å². The molecule has 0 radical (unpaired) electrons. The third-order valence-corrected chi connectivity index (χ3v) is 5.20. The van der Waals surface area contributed by atoms with E-state index in [0.717, 1.165) is 16.5 Å². The van der Waals surface area contributed by atoms with E-state index in [1.54, 1.807) is 6.20 Å². The van der Waals surface area contributed by atoms with Crippen molar-refractivity contribution in [2.75, 3.05) is 13.1 Å². The van der Waals surface area contributed by atoms with Gasteiger partial charge in [0, 0.05) is 17.1 Å². The number of H-pyrrole nitrogens is 1. The first-order chi connectivity index (χ1) is 15.7. The van der Waals surface area contributed by atoms with Crippen molar-refractivity contribution >= 4 is 34.6 Å². The van der Waals surface area contributed by atoms with Crippen molar-refractivity contribution in [2.45, 2.75) is 50.7 Å². The lowest BCUT2D eigenvalue weighted by Gasteiger charge is -2.20. The lowest BCUT2D eigenvalue weighted by Crippen LogP contribution is -2.53. The molecule has 0 spiro atoms. The number of carbonyl (C=O) groups excluding carboxylic acids is 3. The van der Waals surface area contributed by atoms with Gasteiger partial charge in [-0.15, -0.1) is 0 Å². The molecule has 3 atom stereocenters. The third-order valence-electron chi connectivity index (χ3n) is 5.20. The van der Waals surface area contributed by atoms with Crippen LogP contribution in [0.1, 0.15) is 31.7 Å². The number of amides is 3. The minimum absolute atomic E-state index is 0.286. The molecule has 1 heterocycles. The maximum atomic E-state index is 12.4. The number of hydrogen-bond donors (Lipinski definition) is 7. The van der Waals surface area contributed by atoms with Crippen molar-refractivity contribution in [3.63, 3.8) is 0 Å². The second-order valence-corrected chi connectivity index (χ2v) is 7.86. The predicted octanol–water partition coefficient (Wildman–Crippen LogP) is -0.643. The fraction of sp³-hybridized carbons (Fsp3) is 0.455. The first-order valence-electron chi connectivity index (χ1n) is 10.8. The monoisotopic (exact) mass is 460 g/mol. The Hall–Kier alpha value is -3.44. The molecule has 0 fully saturated rings. The van der Waals surface area contributed by atoms with Gasteiger partial charge in [0.25, 0.3) is 0 Å². The summed E-state index contributed by atoms with van der Waals surface area (Å²) in [5.41, 5.74) is 13.3. The van der Waals surface area contributed by atoms with Crippen molar-refractivity contribution in [1.29, 1.82) is 0 Å². The summed E-state index contributed by atoms with van der Waals surface area (Å²) in [5.74, 6) is -2.89. The number of unbranched alkanes of at least 4 members (excludes halogenated alkanes) is 1. The maximum Gasteiger partial charge on any atom is 0.325 e. The molecular weight excluding hydrogens is 428 g/mol. The highest BCUT2D eigenvalue weighted by atomic mass is 16.4. The van der Waals surface area contributed by atoms with E-state index < -0.39 is 41.8 Å². The van der Waals surface area contributed by atoms with Crippen molar-refractivity contribution < 1.29 is 24.3 Å². The van der Waals surface area contributed by atoms with Gasteiger partial charge in [0.1, 0.15) is 12.1 Å². The zero-order valence-corrected chi connectivity index (χ0v) is 18.6. The molecule has 33 heavy (non-hydrogen) atoms. The van der Waals surface area contributed by atoms with Crippen LogP contribution in [0, 0.1) is 0 Å². The van der Waals surface area contributed by atoms with E-state index in [2.05, 4.69) is 20.9 Å². The number of aromatic nitrogens is 1. The fourth-order valence-corrected chi connectivity index (χ4v) is 3.31. The number of para-hydroxylation sites is 1. The molecule has 180 valence electrons. The number of nitrogens with one attached hydrogen (secondary N) is 4. The number of carboxylic acid groups (broad SMARTS) is 1. The van der Waals surface area contributed by atoms with E-state index in [0.29, 0.717) is 19.4 Å². The van der Waals surface area contributed by atoms with E-state index in [9.17, 15) is 19.2 Å². The lowest BCUT2D eigenvalue weighted by molar-refractivity contribution is -0.141. The van der Waals surface area contributed by atoms with Crippen LogP contribution in [0.3, 0.4) is 0 Å². The molecular formula is C22H32N6O5. The normalized spacial score (nSPS) is 13.7. The average molecular weight is 461 g/mol. The van der Waals surface area contributed by atoms with Gasteiger partial charge in [-0.1, -0.05) is 18.2 Å². The van der Waals surface area contributed by atoms with Gasteiger partial charge in [0.05, 0.1) is 12.6 Å². The molecule has 0 saturated heterocycles. The van der Waals surface area contributed by atoms with E-state index in [4.69, 9.17) is 16.6 Å². The van der Waals surface area contributed by atoms with Gasteiger partial charge in [-0.2, -0.15) is 0 Å². The highest BCUT2D eigenvalue weighted by Crippen LogP contribution is 2.18. The van der Waals surface area contributed by atoms with Gasteiger partial charge in [-0.3, -0.25) is 19.2 Å². The Bertz CT molecular complexity index is 975. The Morgan fingerprint density at radius 2 is 1.82 bits per heavy atom. The third kappa shape index (κ3) is 7.88. The van der Waals surface area contributed by atoms with Crippen LogP contribution in [0.4, 0.5) is 0 Å². The van der Waals surface area contributed by atoms with Gasteiger partial charge in [-0.05, 0) is 50.8 Å². The molecule has 1 aromatic carbocycles. The summed E-state index contributed by atoms with van der Waals surface area (Å²) in [6.07, 6.45) is 3.59. The SMILES string of the molecule is CC(NC(=O)C(CCCCN)NC(=O)CNC(=O)C(N)Cc1c[nH]c2ccccc12)C(=O)O. The van der Waals surface area contributed by atoms with Gasteiger partial charge in [0.15, 0.2) is 0 Å². The summed E-state index contributed by atoms with van der Waals surface area (Å²) in [6.45, 7) is 1.39. The van der Waals surface area contributed by atoms with Gasteiger partial charge in [0.2, 0.25) is 17.7 Å². The highest BCUT2D eigenvalue weighted by Gasteiger charge is 2.24. The first-order valence-corrected chi connectivity index (χ1v) is 10.8. The Morgan fingerprint density at radius 3 is 2.52 bits per heavy atom. The molecule has 3 unspecified atom stereocenters. The zero-order valence-electron chi connectivity index (χ0n) is 18.6. The Balaban J connectivity index is 1.88. The molecule has 3 amide bonds. The number of rotatable bonds is 13. The van der Waals surface area contributed by atoms with Gasteiger partial charge >= 0.3 is 5.97 Å². The lowest BCUT2D eigenvalue weighted by atomic mass is 10.1. The van der Waals surface area contributed by atoms with Crippen molar-refractivity contribution in [3.8, 4) is 0 Å². The maximum absolute atomic E-state index is 12.4. The van der Waals surface area contributed by atoms with E-state index in [1.807, 2.05) is 24.3 Å².